The van der Waals surface area contributed by atoms with E-state index in [0.29, 0.717) is 0 Å². The van der Waals surface area contributed by atoms with Crippen molar-refractivity contribution < 1.29 is 24.9 Å². The van der Waals surface area contributed by atoms with Crippen molar-refractivity contribution in [3.8, 4) is 0 Å². The first-order valence-corrected chi connectivity index (χ1v) is 4.88. The third-order valence-electron chi connectivity index (χ3n) is 2.51. The van der Waals surface area contributed by atoms with Gasteiger partial charge in [-0.3, -0.25) is 4.79 Å². The molecule has 17 heavy (non-hydrogen) atoms. The second-order valence-electron chi connectivity index (χ2n) is 3.64. The van der Waals surface area contributed by atoms with Crippen molar-refractivity contribution >= 4 is 5.91 Å². The third-order valence-corrected chi connectivity index (χ3v) is 2.51. The summed E-state index contributed by atoms with van der Waals surface area (Å²) < 4.78 is 6.25. The number of carbonyl (C=O) groups is 1. The summed E-state index contributed by atoms with van der Waals surface area (Å²) in [5.74, 6) is -1.03. The zero-order chi connectivity index (χ0) is 12.6. The Bertz CT molecular complexity index is 422. The maximum Gasteiger partial charge on any atom is 0.288 e. The molecule has 1 aromatic heterocycles. The van der Waals surface area contributed by atoms with Gasteiger partial charge in [-0.1, -0.05) is 0 Å². The predicted octanol–water partition coefficient (Wildman–Crippen LogP) is -3.01. The van der Waals surface area contributed by atoms with Crippen LogP contribution in [0.5, 0.6) is 0 Å². The Morgan fingerprint density at radius 2 is 2.24 bits per heavy atom. The van der Waals surface area contributed by atoms with Crippen molar-refractivity contribution in [2.45, 2.75) is 24.5 Å². The van der Waals surface area contributed by atoms with E-state index in [2.05, 4.69) is 10.1 Å². The van der Waals surface area contributed by atoms with Crippen LogP contribution in [0.15, 0.2) is 6.33 Å². The molecule has 2 rings (SSSR count). The summed E-state index contributed by atoms with van der Waals surface area (Å²) >= 11 is 0. The smallest absolute Gasteiger partial charge is 0.288 e. The molecule has 1 amide bonds. The van der Waals surface area contributed by atoms with Gasteiger partial charge in [-0.15, -0.1) is 5.10 Å². The quantitative estimate of drug-likeness (QED) is 0.443. The van der Waals surface area contributed by atoms with Crippen molar-refractivity contribution in [1.29, 1.82) is 0 Å². The molecule has 0 radical (unpaired) electrons. The molecule has 1 saturated heterocycles. The van der Waals surface area contributed by atoms with E-state index in [1.807, 2.05) is 0 Å². The molecule has 0 aromatic carbocycles. The monoisotopic (exact) mass is 244 g/mol. The molecule has 1 aliphatic rings. The number of aromatic nitrogens is 3. The number of hydrogen-bond donors (Lipinski definition) is 4. The maximum absolute atomic E-state index is 10.8. The predicted molar refractivity (Wildman–Crippen MR) is 51.5 cm³/mol. The van der Waals surface area contributed by atoms with Crippen LogP contribution >= 0.6 is 0 Å². The largest absolute Gasteiger partial charge is 0.394 e. The summed E-state index contributed by atoms with van der Waals surface area (Å²) in [6.45, 7) is -0.438. The molecule has 1 unspecified atom stereocenters. The van der Waals surface area contributed by atoms with Crippen molar-refractivity contribution in [3.05, 3.63) is 12.2 Å². The maximum atomic E-state index is 10.8. The van der Waals surface area contributed by atoms with Gasteiger partial charge in [0, 0.05) is 0 Å². The standard InChI is InChI=1S/C8H12N4O5/c9-6(16)7-10-2-12(11-7)8-5(15)4(14)3(1-13)17-8/h2-5,8,13-15H,1H2,(H2,9,16)/t3-,4-,5?,8-/m1/s1. The van der Waals surface area contributed by atoms with E-state index in [1.54, 1.807) is 0 Å². The molecule has 9 nitrogen and oxygen atoms in total. The van der Waals surface area contributed by atoms with Crippen LogP contribution in [-0.4, -0.2) is 60.9 Å². The lowest BCUT2D eigenvalue weighted by Gasteiger charge is -2.13. The summed E-state index contributed by atoms with van der Waals surface area (Å²) in [6, 6.07) is 0. The molecule has 0 saturated carbocycles. The van der Waals surface area contributed by atoms with E-state index in [1.165, 1.54) is 0 Å². The highest BCUT2D eigenvalue weighted by Gasteiger charge is 2.43. The third kappa shape index (κ3) is 2.00. The van der Waals surface area contributed by atoms with Gasteiger partial charge in [0.1, 0.15) is 24.6 Å². The Morgan fingerprint density at radius 1 is 1.53 bits per heavy atom. The number of nitrogens with two attached hydrogens (primary N) is 1. The van der Waals surface area contributed by atoms with E-state index < -0.39 is 37.1 Å². The lowest BCUT2D eigenvalue weighted by atomic mass is 10.1. The number of rotatable bonds is 3. The lowest BCUT2D eigenvalue weighted by Crippen LogP contribution is -2.33. The molecule has 0 bridgehead atoms. The van der Waals surface area contributed by atoms with Crippen LogP contribution in [0.25, 0.3) is 0 Å². The molecule has 0 spiro atoms. The van der Waals surface area contributed by atoms with Crippen molar-refractivity contribution in [1.82, 2.24) is 14.8 Å². The Hall–Kier alpha value is -1.55. The summed E-state index contributed by atoms with van der Waals surface area (Å²) in [5, 5.41) is 31.8. The molecule has 2 heterocycles. The second-order valence-corrected chi connectivity index (χ2v) is 3.64. The number of amides is 1. The van der Waals surface area contributed by atoms with Gasteiger partial charge in [-0.2, -0.15) is 0 Å². The molecule has 5 N–H and O–H groups in total. The molecule has 94 valence electrons. The Morgan fingerprint density at radius 3 is 2.71 bits per heavy atom. The Labute approximate surface area is 95.4 Å². The molecule has 9 heteroatoms. The molecule has 4 atom stereocenters. The van der Waals surface area contributed by atoms with Gasteiger partial charge in [-0.25, -0.2) is 9.67 Å². The molecule has 0 aliphatic carbocycles. The summed E-state index contributed by atoms with van der Waals surface area (Å²) in [4.78, 5) is 14.4. The average molecular weight is 244 g/mol. The highest BCUT2D eigenvalue weighted by molar-refractivity contribution is 5.88. The van der Waals surface area contributed by atoms with Gasteiger partial charge < -0.3 is 25.8 Å². The first-order valence-electron chi connectivity index (χ1n) is 4.88. The fourth-order valence-electron chi connectivity index (χ4n) is 1.61. The number of aliphatic hydroxyl groups excluding tert-OH is 3. The lowest BCUT2D eigenvalue weighted by molar-refractivity contribution is -0.0588. The second kappa shape index (κ2) is 4.37. The van der Waals surface area contributed by atoms with Gasteiger partial charge in [0.25, 0.3) is 5.91 Å². The van der Waals surface area contributed by atoms with Crippen LogP contribution in [0.1, 0.15) is 16.8 Å². The molecule has 1 aliphatic heterocycles. The summed E-state index contributed by atoms with van der Waals surface area (Å²) in [5.41, 5.74) is 4.97. The molecule has 1 aromatic rings. The van der Waals surface area contributed by atoms with Crippen LogP contribution in [0.3, 0.4) is 0 Å². The first kappa shape index (κ1) is 11.9. The summed E-state index contributed by atoms with van der Waals surface area (Å²) in [6.07, 6.45) is -3.26. The first-order chi connectivity index (χ1) is 8.04. The zero-order valence-corrected chi connectivity index (χ0v) is 8.67. The van der Waals surface area contributed by atoms with E-state index in [-0.39, 0.29) is 5.82 Å². The fraction of sp³-hybridized carbons (Fsp3) is 0.625. The van der Waals surface area contributed by atoms with Crippen LogP contribution < -0.4 is 5.73 Å². The fourth-order valence-corrected chi connectivity index (χ4v) is 1.61. The average Bonchev–Trinajstić information content (AvgIpc) is 2.87. The van der Waals surface area contributed by atoms with E-state index in [9.17, 15) is 15.0 Å². The van der Waals surface area contributed by atoms with E-state index >= 15 is 0 Å². The minimum atomic E-state index is -1.27. The van der Waals surface area contributed by atoms with Crippen LogP contribution in [0, 0.1) is 0 Å². The number of hydrogen-bond acceptors (Lipinski definition) is 7. The zero-order valence-electron chi connectivity index (χ0n) is 8.67. The minimum absolute atomic E-state index is 0.220. The van der Waals surface area contributed by atoms with Gasteiger partial charge in [0.15, 0.2) is 6.23 Å². The highest BCUT2D eigenvalue weighted by Crippen LogP contribution is 2.28. The van der Waals surface area contributed by atoms with E-state index in [0.717, 1.165) is 11.0 Å². The normalized spacial score (nSPS) is 32.9. The minimum Gasteiger partial charge on any atom is -0.394 e. The van der Waals surface area contributed by atoms with Crippen molar-refractivity contribution in [2.75, 3.05) is 6.61 Å². The number of ether oxygens (including phenoxy) is 1. The van der Waals surface area contributed by atoms with Gasteiger partial charge in [0.05, 0.1) is 6.61 Å². The van der Waals surface area contributed by atoms with Crippen LogP contribution in [0.4, 0.5) is 0 Å². The molecular formula is C8H12N4O5. The SMILES string of the molecule is NC(=O)c1ncn([C@@H]2O[C@H](CO)[C@@H](O)C2O)n1. The van der Waals surface area contributed by atoms with Crippen LogP contribution in [0.2, 0.25) is 0 Å². The van der Waals surface area contributed by atoms with Gasteiger partial charge in [-0.05, 0) is 0 Å². The molecule has 1 fully saturated rings. The number of primary amides is 1. The topological polar surface area (TPSA) is 144 Å². The van der Waals surface area contributed by atoms with E-state index in [4.69, 9.17) is 15.6 Å². The number of carbonyl (C=O) groups excluding carboxylic acids is 1. The Kier molecular flexibility index (Phi) is 3.07. The van der Waals surface area contributed by atoms with Crippen molar-refractivity contribution in [3.63, 3.8) is 0 Å². The van der Waals surface area contributed by atoms with Gasteiger partial charge >= 0.3 is 0 Å². The molecular weight excluding hydrogens is 232 g/mol. The Balaban J connectivity index is 2.19. The summed E-state index contributed by atoms with van der Waals surface area (Å²) in [7, 11) is 0. The van der Waals surface area contributed by atoms with Crippen LogP contribution in [-0.2, 0) is 4.74 Å². The number of nitrogens with zero attached hydrogens (tertiary/aromatic N) is 3. The van der Waals surface area contributed by atoms with Gasteiger partial charge in [0.2, 0.25) is 5.82 Å². The van der Waals surface area contributed by atoms with Crippen molar-refractivity contribution in [2.24, 2.45) is 5.73 Å². The highest BCUT2D eigenvalue weighted by atomic mass is 16.6. The number of aliphatic hydroxyl groups is 3.